The highest BCUT2D eigenvalue weighted by molar-refractivity contribution is 6.07. The Morgan fingerprint density at radius 3 is 2.47 bits per heavy atom. The lowest BCUT2D eigenvalue weighted by atomic mass is 9.34. The molecule has 2 heterocycles. The van der Waals surface area contributed by atoms with Gasteiger partial charge >= 0.3 is 5.97 Å². The van der Waals surface area contributed by atoms with E-state index in [1.54, 1.807) is 24.3 Å². The van der Waals surface area contributed by atoms with Gasteiger partial charge in [-0.1, -0.05) is 51.5 Å². The highest BCUT2D eigenvalue weighted by Gasteiger charge is 2.67. The monoisotopic (exact) mass is 807 g/mol. The molecule has 4 fully saturated rings. The zero-order chi connectivity index (χ0) is 42.3. The van der Waals surface area contributed by atoms with Gasteiger partial charge in [0.2, 0.25) is 23.5 Å². The molecule has 1 aromatic carbocycles. The number of imide groups is 1. The van der Waals surface area contributed by atoms with Crippen molar-refractivity contribution in [3.8, 4) is 0 Å². The van der Waals surface area contributed by atoms with Gasteiger partial charge in [0.25, 0.3) is 5.91 Å². The molecule has 4 amide bonds. The maximum Gasteiger partial charge on any atom is 0.311 e. The average molecular weight is 808 g/mol. The zero-order valence-corrected chi connectivity index (χ0v) is 35.2. The van der Waals surface area contributed by atoms with Crippen LogP contribution in [0.25, 0.3) is 0 Å². The van der Waals surface area contributed by atoms with Crippen molar-refractivity contribution in [1.29, 1.82) is 0 Å². The van der Waals surface area contributed by atoms with E-state index in [0.29, 0.717) is 22.4 Å². The number of hydrogen-bond donors (Lipinski definition) is 3. The molecular weight excluding hydrogens is 751 g/mol. The van der Waals surface area contributed by atoms with Crippen LogP contribution in [0.1, 0.15) is 122 Å². The molecule has 314 valence electrons. The van der Waals surface area contributed by atoms with Crippen LogP contribution in [0.2, 0.25) is 0 Å². The molecule has 0 spiro atoms. The average Bonchev–Trinajstić information content (AvgIpc) is 3.53. The summed E-state index contributed by atoms with van der Waals surface area (Å²) < 4.78 is 11.6. The first-order valence-corrected chi connectivity index (χ1v) is 21.3. The number of carbonyl (C=O) groups excluding carboxylic acids is 6. The molecule has 3 saturated carbocycles. The standard InChI is InChI=1S/C47H57N3O9/c1-27-28-10-12-35-45(4,31(28)24-34(51)39(27)54)18-20-47(6)36-25-44(3,16-15-43(36,2)17-19-46(35,47)5)42(57)59-23-22-58-21-14-38(53)48-32-9-7-8-29-30(32)26-50(41(29)56)33-11-13-37(52)49-40(33)55/h7-10,12,24,33,36,54H,11,13-23,25-26H2,1-6H3,(H,48,53)(H,49,52,55)/t33?,36-,43-,44-,45+,46-,47+/m1/s1. The van der Waals surface area contributed by atoms with E-state index in [1.165, 1.54) is 10.5 Å². The molecule has 5 aliphatic carbocycles. The molecule has 3 N–H and O–H groups in total. The van der Waals surface area contributed by atoms with Crippen LogP contribution in [0.15, 0.2) is 64.5 Å². The van der Waals surface area contributed by atoms with Gasteiger partial charge in [-0.25, -0.2) is 0 Å². The Morgan fingerprint density at radius 2 is 1.71 bits per heavy atom. The summed E-state index contributed by atoms with van der Waals surface area (Å²) in [6, 6.07) is 4.32. The minimum atomic E-state index is -0.745. The number of amides is 4. The Bertz CT molecular complexity index is 2200. The van der Waals surface area contributed by atoms with Gasteiger partial charge in [0.05, 0.1) is 25.0 Å². The topological polar surface area (TPSA) is 168 Å². The highest BCUT2D eigenvalue weighted by atomic mass is 16.6. The number of nitrogens with one attached hydrogen (secondary N) is 2. The van der Waals surface area contributed by atoms with Gasteiger partial charge in [-0.05, 0) is 117 Å². The Morgan fingerprint density at radius 1 is 0.949 bits per heavy atom. The maximum absolute atomic E-state index is 13.9. The van der Waals surface area contributed by atoms with Gasteiger partial charge in [0.15, 0.2) is 5.76 Å². The number of esters is 1. The fourth-order valence-corrected chi connectivity index (χ4v) is 12.2. The predicted molar refractivity (Wildman–Crippen MR) is 218 cm³/mol. The van der Waals surface area contributed by atoms with Crippen molar-refractivity contribution in [2.45, 2.75) is 118 Å². The number of piperidine rings is 1. The number of anilines is 1. The van der Waals surface area contributed by atoms with Gasteiger partial charge in [0, 0.05) is 40.8 Å². The largest absolute Gasteiger partial charge is 0.504 e. The Kier molecular flexibility index (Phi) is 10.00. The quantitative estimate of drug-likeness (QED) is 0.136. The van der Waals surface area contributed by atoms with E-state index in [4.69, 9.17) is 9.47 Å². The van der Waals surface area contributed by atoms with Crippen LogP contribution in [-0.2, 0) is 40.0 Å². The highest BCUT2D eigenvalue weighted by Crippen LogP contribution is 2.75. The number of aliphatic hydroxyl groups excluding tert-OH is 1. The number of hydrogen-bond acceptors (Lipinski definition) is 9. The van der Waals surface area contributed by atoms with Crippen molar-refractivity contribution in [3.05, 3.63) is 75.6 Å². The molecule has 59 heavy (non-hydrogen) atoms. The molecule has 0 radical (unpaired) electrons. The first-order chi connectivity index (χ1) is 27.8. The zero-order valence-electron chi connectivity index (χ0n) is 35.2. The third kappa shape index (κ3) is 6.42. The molecule has 1 unspecified atom stereocenters. The summed E-state index contributed by atoms with van der Waals surface area (Å²) in [5.74, 6) is -1.88. The molecule has 1 aromatic rings. The number of carbonyl (C=O) groups is 6. The Labute approximate surface area is 345 Å². The minimum Gasteiger partial charge on any atom is -0.504 e. The molecule has 0 bridgehead atoms. The number of fused-ring (bicyclic) bond motifs is 8. The van der Waals surface area contributed by atoms with Crippen LogP contribution in [0.3, 0.4) is 0 Å². The van der Waals surface area contributed by atoms with E-state index in [0.717, 1.165) is 56.1 Å². The summed E-state index contributed by atoms with van der Waals surface area (Å²) in [6.45, 7) is 13.9. The summed E-state index contributed by atoms with van der Waals surface area (Å²) in [4.78, 5) is 78.4. The van der Waals surface area contributed by atoms with Gasteiger partial charge in [-0.2, -0.15) is 0 Å². The molecule has 12 heteroatoms. The van der Waals surface area contributed by atoms with Gasteiger partial charge in [-0.3, -0.25) is 34.1 Å². The molecule has 7 aliphatic rings. The first-order valence-electron chi connectivity index (χ1n) is 21.3. The van der Waals surface area contributed by atoms with Crippen LogP contribution in [0.4, 0.5) is 5.69 Å². The maximum atomic E-state index is 13.9. The number of benzene rings is 1. The normalized spacial score (nSPS) is 34.9. The summed E-state index contributed by atoms with van der Waals surface area (Å²) in [5, 5.41) is 15.7. The van der Waals surface area contributed by atoms with E-state index in [-0.39, 0.29) is 108 Å². The van der Waals surface area contributed by atoms with Gasteiger partial charge in [0.1, 0.15) is 12.6 Å². The van der Waals surface area contributed by atoms with E-state index in [9.17, 15) is 33.9 Å². The number of rotatable bonds is 9. The summed E-state index contributed by atoms with van der Waals surface area (Å²) in [7, 11) is 0. The predicted octanol–water partition coefficient (Wildman–Crippen LogP) is 6.96. The van der Waals surface area contributed by atoms with Gasteiger partial charge in [-0.15, -0.1) is 0 Å². The van der Waals surface area contributed by atoms with Crippen LogP contribution >= 0.6 is 0 Å². The van der Waals surface area contributed by atoms with Crippen molar-refractivity contribution in [3.63, 3.8) is 0 Å². The third-order valence-corrected chi connectivity index (χ3v) is 16.2. The van der Waals surface area contributed by atoms with E-state index in [2.05, 4.69) is 57.4 Å². The van der Waals surface area contributed by atoms with Crippen LogP contribution in [0.5, 0.6) is 0 Å². The number of nitrogens with zero attached hydrogens (tertiary/aromatic N) is 1. The summed E-state index contributed by atoms with van der Waals surface area (Å²) >= 11 is 0. The number of allylic oxidation sites excluding steroid dienone is 7. The SMILES string of the molecule is CC1=C(O)C(=O)C=C2C1=CC=C1[C@@]2(C)CC[C@@]2(C)[C@@H]3C[C@](C)(C(=O)OCCOCCC(=O)Nc4cccc5c4CN(C4CCC(=O)NC4=O)C5=O)CC[C@]3(C)CC[C@]12C. The second-order valence-corrected chi connectivity index (χ2v) is 19.4. The number of aliphatic hydroxyl groups is 1. The lowest BCUT2D eigenvalue weighted by Crippen LogP contribution is -2.62. The summed E-state index contributed by atoms with van der Waals surface area (Å²) in [5.41, 5.74) is 4.40. The van der Waals surface area contributed by atoms with Crippen molar-refractivity contribution in [2.24, 2.45) is 33.0 Å². The number of ketones is 1. The van der Waals surface area contributed by atoms with Crippen molar-refractivity contribution in [1.82, 2.24) is 10.2 Å². The molecular formula is C47H57N3O9. The lowest BCUT2D eigenvalue weighted by molar-refractivity contribution is -0.183. The van der Waals surface area contributed by atoms with Crippen molar-refractivity contribution >= 4 is 41.1 Å². The second-order valence-electron chi connectivity index (χ2n) is 19.4. The van der Waals surface area contributed by atoms with Crippen LogP contribution in [-0.4, -0.2) is 71.3 Å². The van der Waals surface area contributed by atoms with Crippen LogP contribution < -0.4 is 10.6 Å². The van der Waals surface area contributed by atoms with Crippen LogP contribution in [0, 0.1) is 33.0 Å². The van der Waals surface area contributed by atoms with E-state index < -0.39 is 17.4 Å². The molecule has 1 saturated heterocycles. The van der Waals surface area contributed by atoms with Crippen molar-refractivity contribution in [2.75, 3.05) is 25.1 Å². The van der Waals surface area contributed by atoms with E-state index in [1.807, 2.05) is 6.92 Å². The molecule has 7 atom stereocenters. The number of ether oxygens (including phenoxy) is 2. The Hall–Kier alpha value is -4.84. The first kappa shape index (κ1) is 40.9. The van der Waals surface area contributed by atoms with E-state index >= 15 is 0 Å². The fraction of sp³-hybridized carbons (Fsp3) is 0.574. The summed E-state index contributed by atoms with van der Waals surface area (Å²) in [6.07, 6.45) is 12.9. The van der Waals surface area contributed by atoms with Crippen molar-refractivity contribution < 1.29 is 43.3 Å². The molecule has 0 aromatic heterocycles. The smallest absolute Gasteiger partial charge is 0.311 e. The van der Waals surface area contributed by atoms with Gasteiger partial charge < -0.3 is 24.8 Å². The fourth-order valence-electron chi connectivity index (χ4n) is 12.2. The second kappa shape index (κ2) is 14.4. The lowest BCUT2D eigenvalue weighted by Gasteiger charge is -2.70. The Balaban J connectivity index is 0.852. The third-order valence-electron chi connectivity index (χ3n) is 16.2. The minimum absolute atomic E-state index is 0.0523. The molecule has 8 rings (SSSR count). The molecule has 2 aliphatic heterocycles. The molecule has 12 nitrogen and oxygen atoms in total.